The van der Waals surface area contributed by atoms with Crippen LogP contribution in [0.1, 0.15) is 18.8 Å². The quantitative estimate of drug-likeness (QED) is 0.778. The molecule has 3 N–H and O–H groups in total. The van der Waals surface area contributed by atoms with E-state index in [1.54, 1.807) is 17.6 Å². The van der Waals surface area contributed by atoms with Crippen molar-refractivity contribution in [2.45, 2.75) is 19.5 Å². The maximum absolute atomic E-state index is 13.4. The fourth-order valence-corrected chi connectivity index (χ4v) is 2.50. The van der Waals surface area contributed by atoms with Crippen molar-refractivity contribution in [3.8, 4) is 0 Å². The second kappa shape index (κ2) is 6.18. The summed E-state index contributed by atoms with van der Waals surface area (Å²) in [5, 5.41) is 2.82. The molecule has 0 aliphatic rings. The van der Waals surface area contributed by atoms with E-state index in [0.29, 0.717) is 16.9 Å². The van der Waals surface area contributed by atoms with Gasteiger partial charge in [0.2, 0.25) is 5.91 Å². The van der Waals surface area contributed by atoms with Crippen LogP contribution >= 0.6 is 0 Å². The maximum atomic E-state index is 13.4. The molecule has 1 atom stereocenters. The van der Waals surface area contributed by atoms with Gasteiger partial charge in [-0.1, -0.05) is 18.2 Å². The number of nitrogens with zero attached hydrogens (tertiary/aromatic N) is 2. The molecule has 0 aliphatic heterocycles. The zero-order valence-corrected chi connectivity index (χ0v) is 12.7. The number of hydrogen-bond donors (Lipinski definition) is 2. The summed E-state index contributed by atoms with van der Waals surface area (Å²) in [4.78, 5) is 16.6. The Hall–Kier alpha value is -2.73. The number of rotatable bonds is 4. The number of amides is 1. The van der Waals surface area contributed by atoms with Gasteiger partial charge >= 0.3 is 0 Å². The van der Waals surface area contributed by atoms with E-state index in [4.69, 9.17) is 5.73 Å². The molecule has 6 heteroatoms. The third-order valence-electron chi connectivity index (χ3n) is 3.51. The minimum Gasteiger partial charge on any atom is -0.325 e. The number of nitrogens with two attached hydrogens (primary N) is 1. The second-order valence-corrected chi connectivity index (χ2v) is 5.39. The van der Waals surface area contributed by atoms with Gasteiger partial charge in [-0.2, -0.15) is 0 Å². The second-order valence-electron chi connectivity index (χ2n) is 5.39. The molecule has 23 heavy (non-hydrogen) atoms. The van der Waals surface area contributed by atoms with Crippen LogP contribution in [0.2, 0.25) is 0 Å². The fraction of sp³-hybridized carbons (Fsp3) is 0.176. The van der Waals surface area contributed by atoms with Crippen LogP contribution in [0, 0.1) is 5.82 Å². The lowest BCUT2D eigenvalue weighted by Crippen LogP contribution is -2.22. The lowest BCUT2D eigenvalue weighted by molar-refractivity contribution is -0.116. The molecule has 0 fully saturated rings. The summed E-state index contributed by atoms with van der Waals surface area (Å²) in [5.41, 5.74) is 7.83. The maximum Gasteiger partial charge on any atom is 0.244 e. The van der Waals surface area contributed by atoms with Gasteiger partial charge < -0.3 is 15.6 Å². The van der Waals surface area contributed by atoms with Gasteiger partial charge in [0.05, 0.1) is 17.1 Å². The highest BCUT2D eigenvalue weighted by Crippen LogP contribution is 2.21. The Labute approximate surface area is 132 Å². The monoisotopic (exact) mass is 312 g/mol. The first-order valence-electron chi connectivity index (χ1n) is 7.31. The summed E-state index contributed by atoms with van der Waals surface area (Å²) in [6, 6.07) is 13.1. The van der Waals surface area contributed by atoms with E-state index < -0.39 is 0 Å². The molecule has 0 radical (unpaired) electrons. The molecule has 1 aromatic heterocycles. The number of carbonyl (C=O) groups excluding carboxylic acids is 1. The van der Waals surface area contributed by atoms with E-state index in [2.05, 4.69) is 10.3 Å². The highest BCUT2D eigenvalue weighted by Gasteiger charge is 2.16. The highest BCUT2D eigenvalue weighted by molar-refractivity contribution is 5.91. The van der Waals surface area contributed by atoms with E-state index in [1.807, 2.05) is 30.3 Å². The molecule has 0 spiro atoms. The van der Waals surface area contributed by atoms with Crippen molar-refractivity contribution < 1.29 is 9.18 Å². The van der Waals surface area contributed by atoms with Gasteiger partial charge in [0.1, 0.15) is 18.2 Å². The van der Waals surface area contributed by atoms with Gasteiger partial charge in [0, 0.05) is 11.8 Å². The number of nitrogens with one attached hydrogen (secondary N) is 1. The van der Waals surface area contributed by atoms with Crippen LogP contribution in [0.15, 0.2) is 48.5 Å². The van der Waals surface area contributed by atoms with Gasteiger partial charge in [0.25, 0.3) is 0 Å². The Morgan fingerprint density at radius 1 is 1.30 bits per heavy atom. The average Bonchev–Trinajstić information content (AvgIpc) is 2.86. The summed E-state index contributed by atoms with van der Waals surface area (Å²) >= 11 is 0. The average molecular weight is 312 g/mol. The minimum atomic E-state index is -0.368. The lowest BCUT2D eigenvalue weighted by Gasteiger charge is -2.11. The van der Waals surface area contributed by atoms with E-state index in [0.717, 1.165) is 5.69 Å². The largest absolute Gasteiger partial charge is 0.325 e. The molecule has 3 aromatic rings. The van der Waals surface area contributed by atoms with Crippen LogP contribution in [-0.2, 0) is 11.3 Å². The zero-order valence-electron chi connectivity index (χ0n) is 12.7. The smallest absolute Gasteiger partial charge is 0.244 e. The molecule has 0 saturated carbocycles. The number of anilines is 1. The Bertz CT molecular complexity index is 842. The number of imidazole rings is 1. The molecule has 0 saturated heterocycles. The number of benzene rings is 2. The number of carbonyl (C=O) groups is 1. The third-order valence-corrected chi connectivity index (χ3v) is 3.51. The summed E-state index contributed by atoms with van der Waals surface area (Å²) in [5.74, 6) is -0.0114. The van der Waals surface area contributed by atoms with Crippen LogP contribution in [0.25, 0.3) is 11.0 Å². The van der Waals surface area contributed by atoms with Crippen molar-refractivity contribution in [1.29, 1.82) is 0 Å². The summed E-state index contributed by atoms with van der Waals surface area (Å²) in [6.07, 6.45) is 0. The van der Waals surface area contributed by atoms with Crippen LogP contribution < -0.4 is 11.1 Å². The first-order chi connectivity index (χ1) is 11.0. The molecular formula is C17H17FN4O. The van der Waals surface area contributed by atoms with E-state index in [-0.39, 0.29) is 24.3 Å². The molecule has 118 valence electrons. The van der Waals surface area contributed by atoms with Gasteiger partial charge in [-0.15, -0.1) is 0 Å². The van der Waals surface area contributed by atoms with Gasteiger partial charge in [-0.3, -0.25) is 4.79 Å². The molecule has 1 heterocycles. The standard InChI is InChI=1S/C17H17FN4O/c1-11(19)17-21-14-9-12(18)7-8-15(14)22(17)10-16(23)20-13-5-3-2-4-6-13/h2-9,11H,10,19H2,1H3,(H,20,23). The first-order valence-corrected chi connectivity index (χ1v) is 7.31. The molecule has 0 bridgehead atoms. The van der Waals surface area contributed by atoms with Crippen LogP contribution in [-0.4, -0.2) is 15.5 Å². The van der Waals surface area contributed by atoms with E-state index in [1.165, 1.54) is 12.1 Å². The van der Waals surface area contributed by atoms with Crippen LogP contribution in [0.3, 0.4) is 0 Å². The summed E-state index contributed by atoms with van der Waals surface area (Å²) in [6.45, 7) is 1.84. The molecule has 0 aliphatic carbocycles. The molecule has 1 amide bonds. The SMILES string of the molecule is CC(N)c1nc2cc(F)ccc2n1CC(=O)Nc1ccccc1. The van der Waals surface area contributed by atoms with E-state index in [9.17, 15) is 9.18 Å². The molecule has 3 rings (SSSR count). The van der Waals surface area contributed by atoms with Gasteiger partial charge in [0.15, 0.2) is 0 Å². The Morgan fingerprint density at radius 3 is 2.74 bits per heavy atom. The molecular weight excluding hydrogens is 295 g/mol. The van der Waals surface area contributed by atoms with E-state index >= 15 is 0 Å². The number of fused-ring (bicyclic) bond motifs is 1. The Kier molecular flexibility index (Phi) is 4.08. The Balaban J connectivity index is 1.92. The van der Waals surface area contributed by atoms with Crippen molar-refractivity contribution in [2.75, 3.05) is 5.32 Å². The topological polar surface area (TPSA) is 72.9 Å². The van der Waals surface area contributed by atoms with Gasteiger partial charge in [-0.05, 0) is 31.2 Å². The Morgan fingerprint density at radius 2 is 2.04 bits per heavy atom. The van der Waals surface area contributed by atoms with Crippen molar-refractivity contribution in [1.82, 2.24) is 9.55 Å². The molecule has 1 unspecified atom stereocenters. The number of aromatic nitrogens is 2. The summed E-state index contributed by atoms with van der Waals surface area (Å²) < 4.78 is 15.1. The van der Waals surface area contributed by atoms with Gasteiger partial charge in [-0.25, -0.2) is 9.37 Å². The van der Waals surface area contributed by atoms with Crippen molar-refractivity contribution in [2.24, 2.45) is 5.73 Å². The highest BCUT2D eigenvalue weighted by atomic mass is 19.1. The van der Waals surface area contributed by atoms with Crippen LogP contribution in [0.5, 0.6) is 0 Å². The fourth-order valence-electron chi connectivity index (χ4n) is 2.50. The van der Waals surface area contributed by atoms with Crippen molar-refractivity contribution >= 4 is 22.6 Å². The van der Waals surface area contributed by atoms with Crippen molar-refractivity contribution in [3.05, 3.63) is 60.2 Å². The normalized spacial score (nSPS) is 12.3. The molecule has 2 aromatic carbocycles. The zero-order chi connectivity index (χ0) is 16.4. The number of hydrogen-bond acceptors (Lipinski definition) is 3. The number of para-hydroxylation sites is 1. The lowest BCUT2D eigenvalue weighted by atomic mass is 10.3. The molecule has 5 nitrogen and oxygen atoms in total. The summed E-state index contributed by atoms with van der Waals surface area (Å²) in [7, 11) is 0. The van der Waals surface area contributed by atoms with Crippen LogP contribution in [0.4, 0.5) is 10.1 Å². The van der Waals surface area contributed by atoms with Crippen molar-refractivity contribution in [3.63, 3.8) is 0 Å². The predicted molar refractivity (Wildman–Crippen MR) is 87.4 cm³/mol. The predicted octanol–water partition coefficient (Wildman–Crippen LogP) is 2.83. The minimum absolute atomic E-state index is 0.0634. The third kappa shape index (κ3) is 3.22. The first kappa shape index (κ1) is 15.2. The number of halogens is 1.